The summed E-state index contributed by atoms with van der Waals surface area (Å²) in [6, 6.07) is 0. The molecule has 3 atom stereocenters. The predicted molar refractivity (Wildman–Crippen MR) is 57.7 cm³/mol. The Morgan fingerprint density at radius 3 is 2.88 bits per heavy atom. The number of hydrogen-bond donors (Lipinski definition) is 0. The van der Waals surface area contributed by atoms with Crippen LogP contribution in [0.5, 0.6) is 0 Å². The van der Waals surface area contributed by atoms with Gasteiger partial charge >= 0.3 is 5.97 Å². The molecule has 2 fully saturated rings. The van der Waals surface area contributed by atoms with Crippen molar-refractivity contribution in [2.45, 2.75) is 44.7 Å². The Balaban J connectivity index is 2.02. The van der Waals surface area contributed by atoms with Crippen molar-refractivity contribution in [3.63, 3.8) is 0 Å². The summed E-state index contributed by atoms with van der Waals surface area (Å²) >= 11 is 0. The van der Waals surface area contributed by atoms with Gasteiger partial charge in [-0.2, -0.15) is 0 Å². The van der Waals surface area contributed by atoms with Crippen LogP contribution in [0.3, 0.4) is 0 Å². The molecule has 0 aliphatic carbocycles. The fourth-order valence-electron chi connectivity index (χ4n) is 2.31. The quantitative estimate of drug-likeness (QED) is 0.542. The first kappa shape index (κ1) is 11.6. The number of esters is 1. The molecule has 4 nitrogen and oxygen atoms in total. The van der Waals surface area contributed by atoms with Crippen molar-refractivity contribution < 1.29 is 19.0 Å². The zero-order valence-corrected chi connectivity index (χ0v) is 9.77. The molecule has 0 aromatic heterocycles. The molecular formula is C12H18O4. The third kappa shape index (κ3) is 2.28. The first-order valence-corrected chi connectivity index (χ1v) is 5.64. The van der Waals surface area contributed by atoms with E-state index in [1.807, 2.05) is 13.8 Å². The van der Waals surface area contributed by atoms with Crippen LogP contribution in [-0.4, -0.2) is 30.6 Å². The van der Waals surface area contributed by atoms with Gasteiger partial charge in [-0.15, -0.1) is 6.58 Å². The van der Waals surface area contributed by atoms with E-state index < -0.39 is 5.79 Å². The molecule has 90 valence electrons. The fourth-order valence-corrected chi connectivity index (χ4v) is 2.31. The molecule has 0 bridgehead atoms. The van der Waals surface area contributed by atoms with E-state index in [2.05, 4.69) is 6.58 Å². The van der Waals surface area contributed by atoms with Crippen molar-refractivity contribution in [1.29, 1.82) is 0 Å². The average molecular weight is 226 g/mol. The maximum atomic E-state index is 11.3. The van der Waals surface area contributed by atoms with E-state index in [-0.39, 0.29) is 24.1 Å². The van der Waals surface area contributed by atoms with Gasteiger partial charge in [-0.1, -0.05) is 6.08 Å². The summed E-state index contributed by atoms with van der Waals surface area (Å²) in [4.78, 5) is 11.3. The lowest BCUT2D eigenvalue weighted by Gasteiger charge is -2.23. The summed E-state index contributed by atoms with van der Waals surface area (Å²) in [5, 5.41) is 0. The highest BCUT2D eigenvalue weighted by Crippen LogP contribution is 2.35. The first-order chi connectivity index (χ1) is 7.52. The number of cyclic esters (lactones) is 1. The van der Waals surface area contributed by atoms with Gasteiger partial charge in [0.25, 0.3) is 0 Å². The molecule has 16 heavy (non-hydrogen) atoms. The number of rotatable bonds is 3. The second kappa shape index (κ2) is 4.18. The molecule has 0 aromatic rings. The maximum absolute atomic E-state index is 11.3. The minimum absolute atomic E-state index is 0.0496. The fraction of sp³-hybridized carbons (Fsp3) is 0.750. The van der Waals surface area contributed by atoms with Crippen molar-refractivity contribution in [2.24, 2.45) is 5.92 Å². The van der Waals surface area contributed by atoms with Crippen molar-refractivity contribution in [1.82, 2.24) is 0 Å². The Labute approximate surface area is 95.6 Å². The molecule has 0 amide bonds. The molecule has 0 radical (unpaired) electrons. The van der Waals surface area contributed by atoms with Crippen LogP contribution in [0.4, 0.5) is 0 Å². The van der Waals surface area contributed by atoms with E-state index in [0.29, 0.717) is 19.4 Å². The van der Waals surface area contributed by atoms with Gasteiger partial charge in [-0.25, -0.2) is 0 Å². The van der Waals surface area contributed by atoms with Crippen LogP contribution in [0.2, 0.25) is 0 Å². The van der Waals surface area contributed by atoms with Crippen molar-refractivity contribution in [3.8, 4) is 0 Å². The number of hydrogen-bond acceptors (Lipinski definition) is 4. The summed E-state index contributed by atoms with van der Waals surface area (Å²) in [7, 11) is 0. The van der Waals surface area contributed by atoms with Gasteiger partial charge in [0, 0.05) is 12.3 Å². The van der Waals surface area contributed by atoms with Crippen LogP contribution in [-0.2, 0) is 19.0 Å². The molecule has 2 rings (SSSR count). The van der Waals surface area contributed by atoms with Crippen LogP contribution in [0, 0.1) is 5.92 Å². The SMILES string of the molecule is C=CC[C@@H]1OC(=O)C[C@@H]1[C@H]1COC(C)(C)O1. The highest BCUT2D eigenvalue weighted by atomic mass is 16.7. The van der Waals surface area contributed by atoms with Crippen LogP contribution in [0.15, 0.2) is 12.7 Å². The first-order valence-electron chi connectivity index (χ1n) is 5.64. The molecule has 2 saturated heterocycles. The van der Waals surface area contributed by atoms with E-state index in [0.717, 1.165) is 0 Å². The van der Waals surface area contributed by atoms with Crippen molar-refractivity contribution in [2.75, 3.05) is 6.61 Å². The third-order valence-electron chi connectivity index (χ3n) is 3.07. The standard InChI is InChI=1S/C12H18O4/c1-4-5-9-8(6-11(13)15-9)10-7-14-12(2,3)16-10/h4,8-10H,1,5-7H2,2-3H3/t8-,9-,10+/m0/s1. The Morgan fingerprint density at radius 1 is 1.56 bits per heavy atom. The van der Waals surface area contributed by atoms with Gasteiger partial charge < -0.3 is 14.2 Å². The van der Waals surface area contributed by atoms with Gasteiger partial charge in [0.2, 0.25) is 0 Å². The number of ether oxygens (including phenoxy) is 3. The van der Waals surface area contributed by atoms with Gasteiger partial charge in [0.05, 0.1) is 19.1 Å². The largest absolute Gasteiger partial charge is 0.462 e. The molecule has 0 N–H and O–H groups in total. The van der Waals surface area contributed by atoms with Gasteiger partial charge in [0.15, 0.2) is 5.79 Å². The summed E-state index contributed by atoms with van der Waals surface area (Å²) in [5.74, 6) is -0.605. The second-order valence-corrected chi connectivity index (χ2v) is 4.79. The normalized spacial score (nSPS) is 37.4. The molecule has 0 aromatic carbocycles. The smallest absolute Gasteiger partial charge is 0.306 e. The summed E-state index contributed by atoms with van der Waals surface area (Å²) in [5.41, 5.74) is 0. The highest BCUT2D eigenvalue weighted by molar-refractivity contribution is 5.72. The molecule has 0 spiro atoms. The molecule has 2 aliphatic heterocycles. The zero-order valence-electron chi connectivity index (χ0n) is 9.77. The topological polar surface area (TPSA) is 44.8 Å². The van der Waals surface area contributed by atoms with Gasteiger partial charge in [-0.3, -0.25) is 4.79 Å². The summed E-state index contributed by atoms with van der Waals surface area (Å²) in [6.45, 7) is 7.97. The van der Waals surface area contributed by atoms with Crippen molar-refractivity contribution in [3.05, 3.63) is 12.7 Å². The van der Waals surface area contributed by atoms with Crippen LogP contribution in [0.1, 0.15) is 26.7 Å². The minimum atomic E-state index is -0.547. The maximum Gasteiger partial charge on any atom is 0.306 e. The van der Waals surface area contributed by atoms with E-state index >= 15 is 0 Å². The molecular weight excluding hydrogens is 208 g/mol. The van der Waals surface area contributed by atoms with Gasteiger partial charge in [-0.05, 0) is 13.8 Å². The van der Waals surface area contributed by atoms with E-state index in [1.165, 1.54) is 0 Å². The zero-order chi connectivity index (χ0) is 11.8. The lowest BCUT2D eigenvalue weighted by molar-refractivity contribution is -0.147. The van der Waals surface area contributed by atoms with Crippen LogP contribution < -0.4 is 0 Å². The van der Waals surface area contributed by atoms with E-state index in [9.17, 15) is 4.79 Å². The summed E-state index contributed by atoms with van der Waals surface area (Å²) < 4.78 is 16.5. The molecule has 2 aliphatic rings. The molecule has 2 heterocycles. The monoisotopic (exact) mass is 226 g/mol. The number of carbonyl (C=O) groups is 1. The van der Waals surface area contributed by atoms with E-state index in [4.69, 9.17) is 14.2 Å². The van der Waals surface area contributed by atoms with Gasteiger partial charge in [0.1, 0.15) is 6.10 Å². The van der Waals surface area contributed by atoms with E-state index in [1.54, 1.807) is 6.08 Å². The second-order valence-electron chi connectivity index (χ2n) is 4.79. The van der Waals surface area contributed by atoms with Crippen molar-refractivity contribution >= 4 is 5.97 Å². The Bertz CT molecular complexity index is 297. The van der Waals surface area contributed by atoms with Crippen LogP contribution >= 0.6 is 0 Å². The Hall–Kier alpha value is -0.870. The molecule has 0 unspecified atom stereocenters. The summed E-state index contributed by atoms with van der Waals surface area (Å²) in [6.07, 6.45) is 2.72. The Morgan fingerprint density at radius 2 is 2.31 bits per heavy atom. The minimum Gasteiger partial charge on any atom is -0.462 e. The number of carbonyl (C=O) groups excluding carboxylic acids is 1. The van der Waals surface area contributed by atoms with Crippen LogP contribution in [0.25, 0.3) is 0 Å². The molecule has 0 saturated carbocycles. The average Bonchev–Trinajstić information content (AvgIpc) is 2.70. The predicted octanol–water partition coefficient (Wildman–Crippen LogP) is 1.65. The third-order valence-corrected chi connectivity index (χ3v) is 3.07. The lowest BCUT2D eigenvalue weighted by atomic mass is 9.93. The molecule has 4 heteroatoms. The highest BCUT2D eigenvalue weighted by Gasteiger charge is 2.45. The Kier molecular flexibility index (Phi) is 3.04. The lowest BCUT2D eigenvalue weighted by Crippen LogP contribution is -2.31.